The summed E-state index contributed by atoms with van der Waals surface area (Å²) in [6.07, 6.45) is 0.293. The number of ether oxygens (including phenoxy) is 1. The van der Waals surface area contributed by atoms with Crippen LogP contribution in [0, 0.1) is 10.1 Å². The fraction of sp³-hybridized carbons (Fsp3) is 0.333. The minimum absolute atomic E-state index is 0.107. The molecule has 0 aliphatic rings. The molecule has 2 aromatic rings. The Hall–Kier alpha value is -2.44. The second kappa shape index (κ2) is 5.05. The van der Waals surface area contributed by atoms with Crippen LogP contribution in [0.25, 0.3) is 10.9 Å². The average molecular weight is 264 g/mol. The number of nitro benzene ring substituents is 1. The first-order chi connectivity index (χ1) is 9.06. The summed E-state index contributed by atoms with van der Waals surface area (Å²) in [4.78, 5) is 26.2. The third-order valence-corrected chi connectivity index (χ3v) is 2.64. The first kappa shape index (κ1) is 13.0. The van der Waals surface area contributed by atoms with Crippen LogP contribution in [0.4, 0.5) is 5.69 Å². The van der Waals surface area contributed by atoms with Crippen LogP contribution < -0.4 is 10.4 Å². The van der Waals surface area contributed by atoms with Gasteiger partial charge in [0.25, 0.3) is 5.69 Å². The largest absolute Gasteiger partial charge is 0.450 e. The van der Waals surface area contributed by atoms with Crippen LogP contribution in [0.5, 0.6) is 6.08 Å². The minimum Gasteiger partial charge on any atom is -0.450 e. The normalized spacial score (nSPS) is 10.6. The van der Waals surface area contributed by atoms with Gasteiger partial charge in [-0.25, -0.2) is 4.79 Å². The van der Waals surface area contributed by atoms with Gasteiger partial charge in [0, 0.05) is 12.1 Å². The lowest BCUT2D eigenvalue weighted by atomic mass is 10.1. The molecule has 0 saturated heterocycles. The van der Waals surface area contributed by atoms with E-state index in [0.29, 0.717) is 12.0 Å². The number of hydrogen-bond acceptors (Lipinski definition) is 6. The molecule has 0 aliphatic carbocycles. The van der Waals surface area contributed by atoms with E-state index < -0.39 is 10.5 Å². The molecular formula is C12H12N2O5. The molecule has 7 nitrogen and oxygen atoms in total. The van der Waals surface area contributed by atoms with Crippen LogP contribution in [-0.4, -0.2) is 16.5 Å². The summed E-state index contributed by atoms with van der Waals surface area (Å²) in [5.41, 5.74) is 0.0457. The molecule has 0 N–H and O–H groups in total. The average Bonchev–Trinajstić information content (AvgIpc) is 2.37. The van der Waals surface area contributed by atoms with Gasteiger partial charge in [-0.05, 0) is 18.9 Å². The first-order valence-corrected chi connectivity index (χ1v) is 5.81. The Balaban J connectivity index is 2.78. The van der Waals surface area contributed by atoms with Crippen molar-refractivity contribution in [3.05, 3.63) is 38.2 Å². The van der Waals surface area contributed by atoms with E-state index in [4.69, 9.17) is 9.15 Å². The number of aromatic nitrogens is 1. The number of aryl methyl sites for hydroxylation is 1. The van der Waals surface area contributed by atoms with Gasteiger partial charge in [-0.3, -0.25) is 10.1 Å². The Labute approximate surface area is 108 Å². The summed E-state index contributed by atoms with van der Waals surface area (Å²) in [7, 11) is 0. The Morgan fingerprint density at radius 1 is 1.42 bits per heavy atom. The highest BCUT2D eigenvalue weighted by molar-refractivity contribution is 5.83. The molecule has 0 radical (unpaired) electrons. The van der Waals surface area contributed by atoms with Gasteiger partial charge >= 0.3 is 11.7 Å². The summed E-state index contributed by atoms with van der Waals surface area (Å²) in [6.45, 7) is 3.81. The molecule has 2 rings (SSSR count). The van der Waals surface area contributed by atoms with Crippen molar-refractivity contribution in [1.29, 1.82) is 0 Å². The molecular weight excluding hydrogens is 252 g/mol. The summed E-state index contributed by atoms with van der Waals surface area (Å²) in [6, 6.07) is 2.61. The summed E-state index contributed by atoms with van der Waals surface area (Å²) >= 11 is 0. The lowest BCUT2D eigenvalue weighted by Gasteiger charge is -2.04. The van der Waals surface area contributed by atoms with Crippen LogP contribution in [0.2, 0.25) is 0 Å². The number of benzene rings is 1. The number of non-ortho nitro benzene ring substituents is 1. The molecule has 0 fully saturated rings. The minimum atomic E-state index is -0.597. The predicted molar refractivity (Wildman–Crippen MR) is 67.5 cm³/mol. The molecule has 1 heterocycles. The van der Waals surface area contributed by atoms with Crippen molar-refractivity contribution in [3.8, 4) is 6.08 Å². The van der Waals surface area contributed by atoms with Crippen LogP contribution in [0.3, 0.4) is 0 Å². The van der Waals surface area contributed by atoms with E-state index in [9.17, 15) is 14.9 Å². The molecule has 1 aromatic heterocycles. The molecule has 19 heavy (non-hydrogen) atoms. The fourth-order valence-electron chi connectivity index (χ4n) is 1.81. The van der Waals surface area contributed by atoms with Gasteiger partial charge in [0.1, 0.15) is 0 Å². The van der Waals surface area contributed by atoms with E-state index in [0.717, 1.165) is 0 Å². The third-order valence-electron chi connectivity index (χ3n) is 2.64. The lowest BCUT2D eigenvalue weighted by molar-refractivity contribution is -0.384. The van der Waals surface area contributed by atoms with Gasteiger partial charge in [0.05, 0.1) is 22.4 Å². The van der Waals surface area contributed by atoms with Crippen LogP contribution in [0.15, 0.2) is 21.3 Å². The van der Waals surface area contributed by atoms with Crippen LogP contribution >= 0.6 is 0 Å². The molecule has 0 atom stereocenters. The quantitative estimate of drug-likeness (QED) is 0.619. The van der Waals surface area contributed by atoms with Gasteiger partial charge in [0.2, 0.25) is 0 Å². The highest BCUT2D eigenvalue weighted by Gasteiger charge is 2.16. The first-order valence-electron chi connectivity index (χ1n) is 5.81. The van der Waals surface area contributed by atoms with E-state index in [-0.39, 0.29) is 29.3 Å². The highest BCUT2D eigenvalue weighted by atomic mass is 16.6. The molecule has 0 unspecified atom stereocenters. The van der Waals surface area contributed by atoms with E-state index >= 15 is 0 Å². The summed E-state index contributed by atoms with van der Waals surface area (Å²) in [5, 5.41) is 11.1. The van der Waals surface area contributed by atoms with E-state index in [1.165, 1.54) is 12.1 Å². The van der Waals surface area contributed by atoms with Crippen molar-refractivity contribution in [3.63, 3.8) is 0 Å². The standard InChI is InChI=1S/C12H12N2O5/c1-3-7-5-8(14(16)17)6-9-10(7)11(15)19-12(13-9)18-4-2/h5-6H,3-4H2,1-2H3. The maximum atomic E-state index is 11.9. The van der Waals surface area contributed by atoms with Crippen molar-refractivity contribution in [2.24, 2.45) is 0 Å². The van der Waals surface area contributed by atoms with E-state index in [2.05, 4.69) is 4.98 Å². The highest BCUT2D eigenvalue weighted by Crippen LogP contribution is 2.23. The van der Waals surface area contributed by atoms with Crippen LogP contribution in [-0.2, 0) is 6.42 Å². The summed E-state index contributed by atoms with van der Waals surface area (Å²) in [5.74, 6) is 0. The second-order valence-corrected chi connectivity index (χ2v) is 3.81. The zero-order valence-corrected chi connectivity index (χ0v) is 10.5. The number of hydrogen-bond donors (Lipinski definition) is 0. The Bertz CT molecular complexity index is 692. The summed E-state index contributed by atoms with van der Waals surface area (Å²) < 4.78 is 9.94. The van der Waals surface area contributed by atoms with Gasteiger partial charge in [-0.15, -0.1) is 0 Å². The molecule has 0 saturated carbocycles. The van der Waals surface area contributed by atoms with Crippen LogP contribution in [0.1, 0.15) is 19.4 Å². The maximum absolute atomic E-state index is 11.9. The number of nitro groups is 1. The molecule has 0 amide bonds. The number of nitrogens with zero attached hydrogens (tertiary/aromatic N) is 2. The lowest BCUT2D eigenvalue weighted by Crippen LogP contribution is -2.08. The van der Waals surface area contributed by atoms with Crippen molar-refractivity contribution < 1.29 is 14.1 Å². The Morgan fingerprint density at radius 2 is 2.16 bits per heavy atom. The third kappa shape index (κ3) is 2.40. The molecule has 100 valence electrons. The van der Waals surface area contributed by atoms with Crippen molar-refractivity contribution in [1.82, 2.24) is 4.98 Å². The molecule has 1 aromatic carbocycles. The number of fused-ring (bicyclic) bond motifs is 1. The zero-order valence-electron chi connectivity index (χ0n) is 10.5. The van der Waals surface area contributed by atoms with E-state index in [1.807, 2.05) is 0 Å². The fourth-order valence-corrected chi connectivity index (χ4v) is 1.81. The smallest absolute Gasteiger partial charge is 0.397 e. The molecule has 0 spiro atoms. The second-order valence-electron chi connectivity index (χ2n) is 3.81. The van der Waals surface area contributed by atoms with Gasteiger partial charge in [-0.1, -0.05) is 6.92 Å². The Morgan fingerprint density at radius 3 is 2.74 bits per heavy atom. The van der Waals surface area contributed by atoms with Gasteiger partial charge < -0.3 is 9.15 Å². The molecule has 7 heteroatoms. The topological polar surface area (TPSA) is 95.5 Å². The van der Waals surface area contributed by atoms with Gasteiger partial charge in [0.15, 0.2) is 0 Å². The molecule has 0 aliphatic heterocycles. The zero-order chi connectivity index (χ0) is 14.0. The van der Waals surface area contributed by atoms with E-state index in [1.54, 1.807) is 13.8 Å². The number of rotatable bonds is 4. The maximum Gasteiger partial charge on any atom is 0.397 e. The molecule has 0 bridgehead atoms. The van der Waals surface area contributed by atoms with Gasteiger partial charge in [-0.2, -0.15) is 4.98 Å². The SMILES string of the molecule is CCOc1nc2cc([N+](=O)[O-])cc(CC)c2c(=O)o1. The Kier molecular flexibility index (Phi) is 3.46. The monoisotopic (exact) mass is 264 g/mol. The van der Waals surface area contributed by atoms with Crippen molar-refractivity contribution >= 4 is 16.6 Å². The van der Waals surface area contributed by atoms with Crippen molar-refractivity contribution in [2.45, 2.75) is 20.3 Å². The predicted octanol–water partition coefficient (Wildman–Crippen LogP) is 2.06. The van der Waals surface area contributed by atoms with Crippen molar-refractivity contribution in [2.75, 3.05) is 6.61 Å².